The normalized spacial score (nSPS) is 10.5. The highest BCUT2D eigenvalue weighted by atomic mass is 35.5. The zero-order valence-electron chi connectivity index (χ0n) is 19.3. The number of carbonyl (C=O) groups excluding carboxylic acids is 2. The quantitative estimate of drug-likeness (QED) is 0.379. The summed E-state index contributed by atoms with van der Waals surface area (Å²) < 4.78 is 10.7. The third kappa shape index (κ3) is 6.46. The molecule has 3 rings (SSSR count). The second-order valence-electron chi connectivity index (χ2n) is 7.40. The van der Waals surface area contributed by atoms with Gasteiger partial charge in [-0.25, -0.2) is 4.98 Å². The smallest absolute Gasteiger partial charge is 0.258 e. The molecule has 0 atom stereocenters. The number of hydrogen-bond acceptors (Lipinski definition) is 6. The molecule has 0 saturated carbocycles. The van der Waals surface area contributed by atoms with Crippen molar-refractivity contribution < 1.29 is 19.1 Å². The first-order valence-corrected chi connectivity index (χ1v) is 11.0. The molecule has 2 aromatic carbocycles. The number of halogens is 1. The molecule has 178 valence electrons. The molecule has 0 saturated heterocycles. The number of aromatic nitrogens is 1. The summed E-state index contributed by atoms with van der Waals surface area (Å²) in [7, 11) is 3.13. The summed E-state index contributed by atoms with van der Waals surface area (Å²) in [5.74, 6) is 1.17. The standard InChI is InChI=1S/C25H27ClN4O4/c1-16(31)28-12-11-27-14-17-7-10-23(29-15-17)30-25(32)20-6-4-5-19(24(20)26)18-8-9-21(33-2)22(13-18)34-3/h4-10,13,15,27H,11-12,14H2,1-3H3,(H,28,31)(H,29,30,32). The molecule has 1 heterocycles. The van der Waals surface area contributed by atoms with Crippen LogP contribution in [0.15, 0.2) is 54.7 Å². The Bertz CT molecular complexity index is 1150. The van der Waals surface area contributed by atoms with Gasteiger partial charge in [-0.15, -0.1) is 0 Å². The van der Waals surface area contributed by atoms with Crippen LogP contribution in [0.25, 0.3) is 11.1 Å². The maximum atomic E-state index is 12.9. The molecule has 0 unspecified atom stereocenters. The lowest BCUT2D eigenvalue weighted by Gasteiger charge is -2.13. The number of methoxy groups -OCH3 is 2. The van der Waals surface area contributed by atoms with Crippen molar-refractivity contribution in [1.82, 2.24) is 15.6 Å². The van der Waals surface area contributed by atoms with Crippen molar-refractivity contribution in [2.24, 2.45) is 0 Å². The van der Waals surface area contributed by atoms with Gasteiger partial charge < -0.3 is 25.4 Å². The number of benzene rings is 2. The zero-order valence-corrected chi connectivity index (χ0v) is 20.0. The Hall–Kier alpha value is -3.62. The molecule has 0 radical (unpaired) electrons. The summed E-state index contributed by atoms with van der Waals surface area (Å²) in [6.45, 7) is 3.28. The van der Waals surface area contributed by atoms with Gasteiger partial charge in [0.25, 0.3) is 5.91 Å². The Balaban J connectivity index is 1.67. The van der Waals surface area contributed by atoms with Crippen LogP contribution in [-0.2, 0) is 11.3 Å². The molecule has 1 aromatic heterocycles. The van der Waals surface area contributed by atoms with Gasteiger partial charge >= 0.3 is 0 Å². The average molecular weight is 483 g/mol. The van der Waals surface area contributed by atoms with Gasteiger partial charge in [0.15, 0.2) is 11.5 Å². The number of anilines is 1. The minimum absolute atomic E-state index is 0.0575. The second kappa shape index (κ2) is 12.0. The minimum Gasteiger partial charge on any atom is -0.493 e. The Morgan fingerprint density at radius 2 is 1.79 bits per heavy atom. The van der Waals surface area contributed by atoms with Gasteiger partial charge in [0, 0.05) is 38.3 Å². The summed E-state index contributed by atoms with van der Waals surface area (Å²) >= 11 is 6.61. The van der Waals surface area contributed by atoms with Crippen molar-refractivity contribution in [3.63, 3.8) is 0 Å². The highest BCUT2D eigenvalue weighted by molar-refractivity contribution is 6.37. The summed E-state index contributed by atoms with van der Waals surface area (Å²) in [4.78, 5) is 28.1. The predicted octanol–water partition coefficient (Wildman–Crippen LogP) is 3.90. The Labute approximate surface area is 203 Å². The van der Waals surface area contributed by atoms with Crippen LogP contribution in [0.1, 0.15) is 22.8 Å². The van der Waals surface area contributed by atoms with Gasteiger partial charge in [-0.05, 0) is 35.4 Å². The molecule has 0 spiro atoms. The van der Waals surface area contributed by atoms with Crippen molar-refractivity contribution in [3.8, 4) is 22.6 Å². The van der Waals surface area contributed by atoms with Gasteiger partial charge in [-0.3, -0.25) is 9.59 Å². The van der Waals surface area contributed by atoms with E-state index in [-0.39, 0.29) is 11.8 Å². The van der Waals surface area contributed by atoms with Crippen LogP contribution in [0.5, 0.6) is 11.5 Å². The molecule has 2 amide bonds. The third-order valence-corrected chi connectivity index (χ3v) is 5.42. The maximum absolute atomic E-state index is 12.9. The van der Waals surface area contributed by atoms with Gasteiger partial charge in [-0.1, -0.05) is 35.9 Å². The lowest BCUT2D eigenvalue weighted by atomic mass is 10.0. The fourth-order valence-electron chi connectivity index (χ4n) is 3.28. The van der Waals surface area contributed by atoms with E-state index in [4.69, 9.17) is 21.1 Å². The molecule has 9 heteroatoms. The molecule has 0 bridgehead atoms. The van der Waals surface area contributed by atoms with E-state index in [1.54, 1.807) is 44.7 Å². The van der Waals surface area contributed by atoms with Gasteiger partial charge in [0.05, 0.1) is 24.8 Å². The molecule has 8 nitrogen and oxygen atoms in total. The van der Waals surface area contributed by atoms with E-state index in [2.05, 4.69) is 20.9 Å². The average Bonchev–Trinajstić information content (AvgIpc) is 2.84. The molecule has 0 fully saturated rings. The number of rotatable bonds is 10. The van der Waals surface area contributed by atoms with E-state index >= 15 is 0 Å². The van der Waals surface area contributed by atoms with Crippen LogP contribution >= 0.6 is 11.6 Å². The van der Waals surface area contributed by atoms with Gasteiger partial charge in [0.1, 0.15) is 5.82 Å². The molecule has 0 aliphatic carbocycles. The number of carbonyl (C=O) groups is 2. The molecule has 3 N–H and O–H groups in total. The monoisotopic (exact) mass is 482 g/mol. The van der Waals surface area contributed by atoms with Crippen molar-refractivity contribution >= 4 is 29.2 Å². The highest BCUT2D eigenvalue weighted by Crippen LogP contribution is 2.36. The summed E-state index contributed by atoms with van der Waals surface area (Å²) in [6, 6.07) is 14.3. The summed E-state index contributed by atoms with van der Waals surface area (Å²) in [5.41, 5.74) is 2.78. The molecule has 0 aliphatic heterocycles. The lowest BCUT2D eigenvalue weighted by Crippen LogP contribution is -2.29. The third-order valence-electron chi connectivity index (χ3n) is 5.01. The van der Waals surface area contributed by atoms with E-state index in [9.17, 15) is 9.59 Å². The number of hydrogen-bond donors (Lipinski definition) is 3. The Kier molecular flexibility index (Phi) is 8.84. The lowest BCUT2D eigenvalue weighted by molar-refractivity contribution is -0.118. The van der Waals surface area contributed by atoms with Crippen LogP contribution < -0.4 is 25.4 Å². The molecule has 0 aliphatic rings. The predicted molar refractivity (Wildman–Crippen MR) is 133 cm³/mol. The highest BCUT2D eigenvalue weighted by Gasteiger charge is 2.16. The number of ether oxygens (including phenoxy) is 2. The van der Waals surface area contributed by atoms with Crippen LogP contribution in [0.4, 0.5) is 5.82 Å². The topological polar surface area (TPSA) is 102 Å². The van der Waals surface area contributed by atoms with Gasteiger partial charge in [0.2, 0.25) is 5.91 Å². The van der Waals surface area contributed by atoms with Crippen LogP contribution in [0.2, 0.25) is 5.02 Å². The van der Waals surface area contributed by atoms with E-state index in [1.807, 2.05) is 24.3 Å². The van der Waals surface area contributed by atoms with Crippen molar-refractivity contribution in [2.45, 2.75) is 13.5 Å². The van der Waals surface area contributed by atoms with Crippen LogP contribution in [-0.4, -0.2) is 44.1 Å². The first kappa shape index (κ1) is 25.0. The second-order valence-corrected chi connectivity index (χ2v) is 7.78. The van der Waals surface area contributed by atoms with Crippen molar-refractivity contribution in [2.75, 3.05) is 32.6 Å². The fourth-order valence-corrected chi connectivity index (χ4v) is 3.60. The van der Waals surface area contributed by atoms with E-state index < -0.39 is 0 Å². The van der Waals surface area contributed by atoms with Crippen molar-refractivity contribution in [3.05, 3.63) is 70.9 Å². The first-order valence-electron chi connectivity index (χ1n) is 10.6. The fraction of sp³-hybridized carbons (Fsp3) is 0.240. The molecule has 3 aromatic rings. The van der Waals surface area contributed by atoms with Crippen molar-refractivity contribution in [1.29, 1.82) is 0 Å². The van der Waals surface area contributed by atoms with Crippen LogP contribution in [0, 0.1) is 0 Å². The Morgan fingerprint density at radius 1 is 1.00 bits per heavy atom. The Morgan fingerprint density at radius 3 is 2.47 bits per heavy atom. The van der Waals surface area contributed by atoms with Gasteiger partial charge in [-0.2, -0.15) is 0 Å². The zero-order chi connectivity index (χ0) is 24.5. The summed E-state index contributed by atoms with van der Waals surface area (Å²) in [6.07, 6.45) is 1.68. The SMILES string of the molecule is COc1ccc(-c2cccc(C(=O)Nc3ccc(CNCCNC(C)=O)cn3)c2Cl)cc1OC. The van der Waals surface area contributed by atoms with E-state index in [0.717, 1.165) is 11.1 Å². The van der Waals surface area contributed by atoms with E-state index in [0.29, 0.717) is 53.1 Å². The number of amides is 2. The molecular formula is C25H27ClN4O4. The summed E-state index contributed by atoms with van der Waals surface area (Å²) in [5, 5.41) is 9.05. The first-order chi connectivity index (χ1) is 16.4. The molecular weight excluding hydrogens is 456 g/mol. The molecule has 34 heavy (non-hydrogen) atoms. The largest absolute Gasteiger partial charge is 0.493 e. The number of nitrogens with zero attached hydrogens (tertiary/aromatic N) is 1. The number of pyridine rings is 1. The minimum atomic E-state index is -0.360. The van der Waals surface area contributed by atoms with Crippen LogP contribution in [0.3, 0.4) is 0 Å². The van der Waals surface area contributed by atoms with E-state index in [1.165, 1.54) is 6.92 Å². The number of nitrogens with one attached hydrogen (secondary N) is 3. The maximum Gasteiger partial charge on any atom is 0.258 e.